The van der Waals surface area contributed by atoms with E-state index in [1.807, 2.05) is 62.5 Å². The molecule has 8 nitrogen and oxygen atoms in total. The number of aromatic nitrogens is 1. The number of thiazole rings is 1. The van der Waals surface area contributed by atoms with Gasteiger partial charge in [0.05, 0.1) is 32.7 Å². The van der Waals surface area contributed by atoms with Crippen LogP contribution in [0.25, 0.3) is 11.3 Å². The van der Waals surface area contributed by atoms with E-state index in [0.29, 0.717) is 34.3 Å². The highest BCUT2D eigenvalue weighted by atomic mass is 32.1. The molecule has 3 aromatic rings. The summed E-state index contributed by atoms with van der Waals surface area (Å²) < 4.78 is 18.3. The van der Waals surface area contributed by atoms with Gasteiger partial charge in [0.15, 0.2) is 17.2 Å². The van der Waals surface area contributed by atoms with Crippen molar-refractivity contribution in [2.24, 2.45) is 10.1 Å². The van der Waals surface area contributed by atoms with Gasteiger partial charge in [-0.05, 0) is 39.0 Å². The number of hydrogen-bond donors (Lipinski definition) is 0. The van der Waals surface area contributed by atoms with Crippen molar-refractivity contribution in [1.29, 1.82) is 0 Å². The van der Waals surface area contributed by atoms with Crippen LogP contribution in [0.15, 0.2) is 51.9 Å². The van der Waals surface area contributed by atoms with E-state index in [0.717, 1.165) is 22.5 Å². The number of fused-ring (bicyclic) bond motifs is 1. The van der Waals surface area contributed by atoms with Gasteiger partial charge in [0.25, 0.3) is 5.91 Å². The number of para-hydroxylation sites is 1. The zero-order valence-corrected chi connectivity index (χ0v) is 21.0. The first-order valence-corrected chi connectivity index (χ1v) is 11.9. The normalized spacial score (nSPS) is 14.8. The van der Waals surface area contributed by atoms with Crippen LogP contribution in [0.5, 0.6) is 17.2 Å². The molecule has 0 N–H and O–H groups in total. The minimum absolute atomic E-state index is 0.00297. The van der Waals surface area contributed by atoms with Crippen LogP contribution in [0.4, 0.5) is 5.69 Å². The molecule has 0 saturated heterocycles. The summed E-state index contributed by atoms with van der Waals surface area (Å²) in [4.78, 5) is 20.5. The van der Waals surface area contributed by atoms with Crippen molar-refractivity contribution in [3.63, 3.8) is 0 Å². The van der Waals surface area contributed by atoms with Gasteiger partial charge in [0.1, 0.15) is 0 Å². The lowest BCUT2D eigenvalue weighted by atomic mass is 10.1. The average Bonchev–Trinajstić information content (AvgIpc) is 3.36. The predicted octanol–water partition coefficient (Wildman–Crippen LogP) is 4.17. The van der Waals surface area contributed by atoms with Gasteiger partial charge in [-0.3, -0.25) is 9.79 Å². The summed E-state index contributed by atoms with van der Waals surface area (Å²) in [7, 11) is 4.73. The van der Waals surface area contributed by atoms with Crippen molar-refractivity contribution in [2.75, 3.05) is 32.8 Å². The van der Waals surface area contributed by atoms with E-state index in [2.05, 4.69) is 4.99 Å². The number of anilines is 1. The molecule has 178 valence electrons. The maximum Gasteiger partial charge on any atom is 0.279 e. The maximum absolute atomic E-state index is 13.4. The molecule has 1 aliphatic rings. The van der Waals surface area contributed by atoms with Gasteiger partial charge >= 0.3 is 0 Å². The lowest BCUT2D eigenvalue weighted by Crippen LogP contribution is -2.36. The summed E-state index contributed by atoms with van der Waals surface area (Å²) in [6.45, 7) is 6.54. The second kappa shape index (κ2) is 9.72. The van der Waals surface area contributed by atoms with Gasteiger partial charge < -0.3 is 19.1 Å². The Kier molecular flexibility index (Phi) is 6.74. The fraction of sp³-hybridized carbons (Fsp3) is 0.320. The molecule has 2 heterocycles. The minimum Gasteiger partial charge on any atom is -0.493 e. The van der Waals surface area contributed by atoms with E-state index in [1.54, 1.807) is 30.9 Å². The van der Waals surface area contributed by atoms with Gasteiger partial charge in [-0.25, -0.2) is 4.68 Å². The molecule has 1 aromatic heterocycles. The number of hydrogen-bond acceptors (Lipinski definition) is 7. The standard InChI is InChI=1S/C25H28N4O4S/c1-7-26-25-29(27-22-17-10-8-9-11-18(17)28(15(2)3)24(22)30)19(14-34-25)16-12-20(31-4)23(33-6)21(13-16)32-5/h8-15H,7H2,1-6H3. The first-order chi connectivity index (χ1) is 16.4. The highest BCUT2D eigenvalue weighted by Crippen LogP contribution is 2.41. The van der Waals surface area contributed by atoms with Crippen LogP contribution in [0, 0.1) is 0 Å². The molecule has 1 aliphatic heterocycles. The molecule has 1 amide bonds. The molecule has 0 spiro atoms. The summed E-state index contributed by atoms with van der Waals surface area (Å²) >= 11 is 1.46. The fourth-order valence-electron chi connectivity index (χ4n) is 4.00. The van der Waals surface area contributed by atoms with Crippen molar-refractivity contribution >= 4 is 28.6 Å². The van der Waals surface area contributed by atoms with E-state index in [4.69, 9.17) is 19.3 Å². The SMILES string of the molecule is CCN=c1scc(-c2cc(OC)c(OC)c(OC)c2)n1N=C1C(=O)N(C(C)C)c2ccccc21. The molecule has 34 heavy (non-hydrogen) atoms. The number of benzene rings is 2. The third-order valence-electron chi connectivity index (χ3n) is 5.50. The lowest BCUT2D eigenvalue weighted by Gasteiger charge is -2.20. The molecule has 0 fully saturated rings. The highest BCUT2D eigenvalue weighted by molar-refractivity contribution is 7.07. The van der Waals surface area contributed by atoms with Crippen LogP contribution in [0.3, 0.4) is 0 Å². The molecular weight excluding hydrogens is 452 g/mol. The molecule has 4 rings (SSSR count). The largest absolute Gasteiger partial charge is 0.493 e. The number of carbonyl (C=O) groups excluding carboxylic acids is 1. The molecule has 0 aliphatic carbocycles. The average molecular weight is 481 g/mol. The minimum atomic E-state index is -0.131. The van der Waals surface area contributed by atoms with Crippen molar-refractivity contribution in [1.82, 2.24) is 4.68 Å². The molecule has 0 radical (unpaired) electrons. The molecule has 0 unspecified atom stereocenters. The number of ether oxygens (including phenoxy) is 3. The van der Waals surface area contributed by atoms with Crippen LogP contribution >= 0.6 is 11.3 Å². The Morgan fingerprint density at radius 3 is 2.29 bits per heavy atom. The van der Waals surface area contributed by atoms with Crippen molar-refractivity contribution < 1.29 is 19.0 Å². The number of rotatable bonds is 7. The van der Waals surface area contributed by atoms with Gasteiger partial charge in [-0.2, -0.15) is 5.10 Å². The Hall–Kier alpha value is -3.59. The van der Waals surface area contributed by atoms with E-state index in [-0.39, 0.29) is 11.9 Å². The van der Waals surface area contributed by atoms with Crippen LogP contribution in [0.2, 0.25) is 0 Å². The quantitative estimate of drug-likeness (QED) is 0.509. The highest BCUT2D eigenvalue weighted by Gasteiger charge is 2.35. The summed E-state index contributed by atoms with van der Waals surface area (Å²) in [5.74, 6) is 1.44. The Labute approximate surface area is 202 Å². The number of nitrogens with zero attached hydrogens (tertiary/aromatic N) is 4. The zero-order valence-electron chi connectivity index (χ0n) is 20.2. The van der Waals surface area contributed by atoms with Crippen molar-refractivity contribution in [3.8, 4) is 28.5 Å². The van der Waals surface area contributed by atoms with E-state index in [1.165, 1.54) is 11.3 Å². The Balaban J connectivity index is 1.96. The van der Waals surface area contributed by atoms with Gasteiger partial charge in [-0.15, -0.1) is 11.3 Å². The summed E-state index contributed by atoms with van der Waals surface area (Å²) in [5, 5.41) is 6.83. The van der Waals surface area contributed by atoms with Crippen molar-refractivity contribution in [2.45, 2.75) is 26.8 Å². The van der Waals surface area contributed by atoms with E-state index in [9.17, 15) is 4.79 Å². The molecule has 0 saturated carbocycles. The fourth-order valence-corrected chi connectivity index (χ4v) is 4.89. The molecular formula is C25H28N4O4S. The first kappa shape index (κ1) is 23.6. The number of amides is 1. The number of carbonyl (C=O) groups is 1. The monoisotopic (exact) mass is 480 g/mol. The first-order valence-electron chi connectivity index (χ1n) is 11.0. The van der Waals surface area contributed by atoms with Crippen LogP contribution in [-0.2, 0) is 4.79 Å². The topological polar surface area (TPSA) is 77.6 Å². The van der Waals surface area contributed by atoms with Crippen LogP contribution < -0.4 is 23.9 Å². The molecule has 0 bridgehead atoms. The predicted molar refractivity (Wildman–Crippen MR) is 135 cm³/mol. The summed E-state index contributed by atoms with van der Waals surface area (Å²) in [5.41, 5.74) is 3.61. The smallest absolute Gasteiger partial charge is 0.279 e. The summed E-state index contributed by atoms with van der Waals surface area (Å²) in [6.07, 6.45) is 0. The third-order valence-corrected chi connectivity index (χ3v) is 6.35. The summed E-state index contributed by atoms with van der Waals surface area (Å²) in [6, 6.07) is 11.5. The van der Waals surface area contributed by atoms with Crippen LogP contribution in [-0.4, -0.2) is 50.2 Å². The van der Waals surface area contributed by atoms with Crippen LogP contribution in [0.1, 0.15) is 26.3 Å². The lowest BCUT2D eigenvalue weighted by molar-refractivity contribution is -0.112. The molecule has 9 heteroatoms. The number of methoxy groups -OCH3 is 3. The molecule has 2 aromatic carbocycles. The third kappa shape index (κ3) is 3.96. The van der Waals surface area contributed by atoms with E-state index >= 15 is 0 Å². The Bertz CT molecular complexity index is 1300. The van der Waals surface area contributed by atoms with Gasteiger partial charge in [0.2, 0.25) is 10.6 Å². The van der Waals surface area contributed by atoms with E-state index < -0.39 is 0 Å². The Morgan fingerprint density at radius 2 is 1.71 bits per heavy atom. The Morgan fingerprint density at radius 1 is 1.03 bits per heavy atom. The van der Waals surface area contributed by atoms with Gasteiger partial charge in [0, 0.05) is 29.1 Å². The maximum atomic E-state index is 13.4. The van der Waals surface area contributed by atoms with Gasteiger partial charge in [-0.1, -0.05) is 18.2 Å². The zero-order chi connectivity index (χ0) is 24.4. The van der Waals surface area contributed by atoms with Crippen molar-refractivity contribution in [3.05, 3.63) is 52.1 Å². The molecule has 0 atom stereocenters. The second-order valence-corrected chi connectivity index (χ2v) is 8.67. The second-order valence-electron chi connectivity index (χ2n) is 7.84.